The first-order valence-corrected chi connectivity index (χ1v) is 8.86. The van der Waals surface area contributed by atoms with E-state index >= 15 is 0 Å². The molecule has 0 spiro atoms. The number of halogens is 1. The van der Waals surface area contributed by atoms with E-state index in [1.807, 2.05) is 6.92 Å². The van der Waals surface area contributed by atoms with Gasteiger partial charge in [0.1, 0.15) is 0 Å². The van der Waals surface area contributed by atoms with E-state index in [0.717, 1.165) is 40.6 Å². The minimum atomic E-state index is 0.759. The van der Waals surface area contributed by atoms with Crippen LogP contribution in [0.4, 0.5) is 0 Å². The third-order valence-corrected chi connectivity index (χ3v) is 4.63. The van der Waals surface area contributed by atoms with E-state index in [2.05, 4.69) is 67.0 Å². The van der Waals surface area contributed by atoms with Gasteiger partial charge in [0.2, 0.25) is 0 Å². The average molecular weight is 381 g/mol. The number of rotatable bonds is 5. The molecule has 0 atom stereocenters. The van der Waals surface area contributed by atoms with E-state index in [1.165, 1.54) is 11.1 Å². The van der Waals surface area contributed by atoms with Crippen LogP contribution < -0.4 is 10.6 Å². The van der Waals surface area contributed by atoms with Crippen molar-refractivity contribution >= 4 is 33.2 Å². The van der Waals surface area contributed by atoms with E-state index in [9.17, 15) is 0 Å². The quantitative estimate of drug-likeness (QED) is 0.616. The van der Waals surface area contributed by atoms with Crippen LogP contribution in [0.1, 0.15) is 21.8 Å². The molecule has 0 fully saturated rings. The Hall–Kier alpha value is -1.40. The Morgan fingerprint density at radius 3 is 2.77 bits per heavy atom. The molecule has 1 heterocycles. The van der Waals surface area contributed by atoms with Crippen molar-refractivity contribution in [2.45, 2.75) is 26.8 Å². The molecule has 118 valence electrons. The van der Waals surface area contributed by atoms with Crippen LogP contribution in [0.25, 0.3) is 0 Å². The average Bonchev–Trinajstić information content (AvgIpc) is 2.89. The third-order valence-electron chi connectivity index (χ3n) is 3.31. The lowest BCUT2D eigenvalue weighted by Crippen LogP contribution is -2.38. The molecular weight excluding hydrogens is 360 g/mol. The second-order valence-corrected chi connectivity index (χ2v) is 7.01. The number of nitrogens with one attached hydrogen (secondary N) is 2. The maximum Gasteiger partial charge on any atom is 0.191 e. The Kier molecular flexibility index (Phi) is 6.39. The van der Waals surface area contributed by atoms with Crippen LogP contribution in [0.15, 0.2) is 33.0 Å². The van der Waals surface area contributed by atoms with Gasteiger partial charge in [0.15, 0.2) is 5.96 Å². The molecule has 2 rings (SSSR count). The predicted octanol–water partition coefficient (Wildman–Crippen LogP) is 3.43. The number of hydrogen-bond donors (Lipinski definition) is 2. The van der Waals surface area contributed by atoms with Crippen LogP contribution in [0, 0.1) is 13.8 Å². The molecule has 1 aromatic heterocycles. The third kappa shape index (κ3) is 5.10. The van der Waals surface area contributed by atoms with Crippen molar-refractivity contribution in [2.24, 2.45) is 4.99 Å². The van der Waals surface area contributed by atoms with Crippen molar-refractivity contribution < 1.29 is 0 Å². The summed E-state index contributed by atoms with van der Waals surface area (Å²) in [6.07, 6.45) is 0.905. The lowest BCUT2D eigenvalue weighted by Gasteiger charge is -2.13. The number of guanidine groups is 1. The van der Waals surface area contributed by atoms with Crippen molar-refractivity contribution in [3.05, 3.63) is 49.9 Å². The summed E-state index contributed by atoms with van der Waals surface area (Å²) in [4.78, 5) is 8.71. The monoisotopic (exact) mass is 380 g/mol. The molecule has 1 aromatic carbocycles. The van der Waals surface area contributed by atoms with E-state index in [0.29, 0.717) is 0 Å². The fraction of sp³-hybridized carbons (Fsp3) is 0.375. The summed E-state index contributed by atoms with van der Waals surface area (Å²) in [6.45, 7) is 5.72. The van der Waals surface area contributed by atoms with E-state index in [1.54, 1.807) is 18.4 Å². The number of hydrogen-bond acceptors (Lipinski definition) is 3. The molecule has 2 aromatic rings. The molecule has 0 bridgehead atoms. The molecular formula is C16H21BrN4S. The Morgan fingerprint density at radius 1 is 1.32 bits per heavy atom. The largest absolute Gasteiger partial charge is 0.356 e. The molecule has 0 saturated carbocycles. The minimum absolute atomic E-state index is 0.759. The lowest BCUT2D eigenvalue weighted by atomic mass is 10.1. The summed E-state index contributed by atoms with van der Waals surface area (Å²) in [5.74, 6) is 0.814. The first kappa shape index (κ1) is 17.0. The Labute approximate surface area is 144 Å². The highest BCUT2D eigenvalue weighted by Gasteiger charge is 2.03. The van der Waals surface area contributed by atoms with Gasteiger partial charge in [-0.3, -0.25) is 4.99 Å². The van der Waals surface area contributed by atoms with Gasteiger partial charge in [0.25, 0.3) is 0 Å². The number of aliphatic imine (C=N–C) groups is 1. The van der Waals surface area contributed by atoms with Crippen LogP contribution in [-0.2, 0) is 13.0 Å². The fourth-order valence-electron chi connectivity index (χ4n) is 2.09. The molecule has 0 aliphatic heterocycles. The number of aryl methyl sites for hydroxylation is 2. The Morgan fingerprint density at radius 2 is 2.14 bits per heavy atom. The second-order valence-electron chi connectivity index (χ2n) is 5.03. The van der Waals surface area contributed by atoms with Gasteiger partial charge in [-0.1, -0.05) is 22.0 Å². The van der Waals surface area contributed by atoms with E-state index < -0.39 is 0 Å². The fourth-order valence-corrected chi connectivity index (χ4v) is 3.21. The second kappa shape index (κ2) is 8.29. The predicted molar refractivity (Wildman–Crippen MR) is 97.6 cm³/mol. The Bertz CT molecular complexity index is 651. The molecule has 0 aliphatic rings. The van der Waals surface area contributed by atoms with Gasteiger partial charge < -0.3 is 10.6 Å². The molecule has 0 radical (unpaired) electrons. The van der Waals surface area contributed by atoms with Gasteiger partial charge in [-0.05, 0) is 37.1 Å². The van der Waals surface area contributed by atoms with Crippen molar-refractivity contribution in [3.8, 4) is 0 Å². The summed E-state index contributed by atoms with van der Waals surface area (Å²) in [7, 11) is 1.79. The summed E-state index contributed by atoms with van der Waals surface area (Å²) in [6, 6.07) is 6.31. The van der Waals surface area contributed by atoms with Crippen LogP contribution in [0.2, 0.25) is 0 Å². The molecule has 0 unspecified atom stereocenters. The molecule has 0 aliphatic carbocycles. The van der Waals surface area contributed by atoms with Gasteiger partial charge in [-0.15, -0.1) is 11.3 Å². The van der Waals surface area contributed by atoms with E-state index in [4.69, 9.17) is 0 Å². The summed E-state index contributed by atoms with van der Waals surface area (Å²) in [5, 5.41) is 9.89. The van der Waals surface area contributed by atoms with Gasteiger partial charge in [-0.2, -0.15) is 0 Å². The highest BCUT2D eigenvalue weighted by Crippen LogP contribution is 2.15. The van der Waals surface area contributed by atoms with Crippen molar-refractivity contribution in [2.75, 3.05) is 13.6 Å². The minimum Gasteiger partial charge on any atom is -0.356 e. The van der Waals surface area contributed by atoms with Gasteiger partial charge >= 0.3 is 0 Å². The first-order valence-electron chi connectivity index (χ1n) is 7.19. The number of thiazole rings is 1. The molecule has 6 heteroatoms. The number of nitrogens with zero attached hydrogens (tertiary/aromatic N) is 2. The smallest absolute Gasteiger partial charge is 0.191 e. The highest BCUT2D eigenvalue weighted by molar-refractivity contribution is 9.10. The van der Waals surface area contributed by atoms with Crippen LogP contribution in [-0.4, -0.2) is 24.5 Å². The van der Waals surface area contributed by atoms with Crippen LogP contribution in [0.3, 0.4) is 0 Å². The normalized spacial score (nSPS) is 11.5. The zero-order chi connectivity index (χ0) is 15.9. The number of benzene rings is 1. The molecule has 22 heavy (non-hydrogen) atoms. The summed E-state index contributed by atoms with van der Waals surface area (Å²) >= 11 is 5.18. The number of aromatic nitrogens is 1. The van der Waals surface area contributed by atoms with Crippen LogP contribution >= 0.6 is 27.3 Å². The summed E-state index contributed by atoms with van der Waals surface area (Å²) < 4.78 is 1.11. The molecule has 2 N–H and O–H groups in total. The molecule has 0 saturated heterocycles. The maximum atomic E-state index is 4.46. The van der Waals surface area contributed by atoms with Crippen molar-refractivity contribution in [3.63, 3.8) is 0 Å². The zero-order valence-corrected chi connectivity index (χ0v) is 15.5. The maximum absolute atomic E-state index is 4.46. The lowest BCUT2D eigenvalue weighted by molar-refractivity contribution is 0.784. The Balaban J connectivity index is 1.80. The van der Waals surface area contributed by atoms with Crippen molar-refractivity contribution in [1.29, 1.82) is 0 Å². The highest BCUT2D eigenvalue weighted by atomic mass is 79.9. The van der Waals surface area contributed by atoms with E-state index in [-0.39, 0.29) is 0 Å². The standard InChI is InChI=1S/C16H21BrN4S/c1-11-8-14(17)5-4-13(11)9-20-16(18-3)19-7-6-15-10-22-12(2)21-15/h4-5,8,10H,6-7,9H2,1-3H3,(H2,18,19,20). The van der Waals surface area contributed by atoms with Gasteiger partial charge in [0.05, 0.1) is 10.7 Å². The van der Waals surface area contributed by atoms with Crippen molar-refractivity contribution in [1.82, 2.24) is 15.6 Å². The van der Waals surface area contributed by atoms with Gasteiger partial charge in [0, 0.05) is 36.4 Å². The topological polar surface area (TPSA) is 49.3 Å². The van der Waals surface area contributed by atoms with Gasteiger partial charge in [-0.25, -0.2) is 4.98 Å². The zero-order valence-electron chi connectivity index (χ0n) is 13.1. The SMILES string of the molecule is CN=C(NCCc1csc(C)n1)NCc1ccc(Br)cc1C. The molecule has 0 amide bonds. The van der Waals surface area contributed by atoms with Crippen LogP contribution in [0.5, 0.6) is 0 Å². The first-order chi connectivity index (χ1) is 10.6. The molecule has 4 nitrogen and oxygen atoms in total. The summed E-state index contributed by atoms with van der Waals surface area (Å²) in [5.41, 5.74) is 3.66.